The zero-order valence-electron chi connectivity index (χ0n) is 29.1. The number of rotatable bonds is 9. The van der Waals surface area contributed by atoms with Crippen LogP contribution < -0.4 is 0 Å². The smallest absolute Gasteiger partial charge is 0.0133 e. The Labute approximate surface area is 268 Å². The molecule has 0 amide bonds. The second kappa shape index (κ2) is 15.0. The molecule has 0 radical (unpaired) electrons. The molecule has 0 N–H and O–H groups in total. The standard InChI is InChI=1S/C40H71N3/c1-6-29-15-17-30(18-16-29)31-19-21-32(22-20-31)43-39-25-23-33(41(7-2)8-3)27-37(39)35-13-11-12-14-36(35)38-28-34(24-26-40(38)43)42(9-4)10-5/h6,29-40H,1,7-28H2,2-5H3. The van der Waals surface area contributed by atoms with Crippen LogP contribution in [0.4, 0.5) is 0 Å². The van der Waals surface area contributed by atoms with E-state index in [2.05, 4.69) is 55.0 Å². The molecule has 6 aliphatic rings. The summed E-state index contributed by atoms with van der Waals surface area (Å²) in [5.41, 5.74) is 0. The van der Waals surface area contributed by atoms with Gasteiger partial charge in [0.1, 0.15) is 0 Å². The van der Waals surface area contributed by atoms with Crippen LogP contribution in [0.2, 0.25) is 0 Å². The van der Waals surface area contributed by atoms with Gasteiger partial charge in [-0.25, -0.2) is 0 Å². The molecule has 246 valence electrons. The quantitative estimate of drug-likeness (QED) is 0.247. The Hall–Kier alpha value is -0.380. The lowest BCUT2D eigenvalue weighted by atomic mass is 9.61. The summed E-state index contributed by atoms with van der Waals surface area (Å²) in [7, 11) is 0. The van der Waals surface area contributed by atoms with Crippen LogP contribution in [0.25, 0.3) is 0 Å². The predicted molar refractivity (Wildman–Crippen MR) is 184 cm³/mol. The van der Waals surface area contributed by atoms with E-state index in [9.17, 15) is 0 Å². The van der Waals surface area contributed by atoms with Crippen molar-refractivity contribution in [3.05, 3.63) is 12.7 Å². The average molecular weight is 594 g/mol. The first-order valence-corrected chi connectivity index (χ1v) is 20.0. The molecule has 1 heterocycles. The van der Waals surface area contributed by atoms with Crippen molar-refractivity contribution in [1.82, 2.24) is 14.7 Å². The Kier molecular flexibility index (Phi) is 11.4. The van der Waals surface area contributed by atoms with E-state index < -0.39 is 0 Å². The summed E-state index contributed by atoms with van der Waals surface area (Å²) < 4.78 is 0. The molecule has 43 heavy (non-hydrogen) atoms. The monoisotopic (exact) mass is 594 g/mol. The van der Waals surface area contributed by atoms with Crippen molar-refractivity contribution in [3.8, 4) is 0 Å². The van der Waals surface area contributed by atoms with Crippen LogP contribution in [0, 0.1) is 41.4 Å². The molecule has 8 unspecified atom stereocenters. The number of fused-ring (bicyclic) bond motifs is 5. The van der Waals surface area contributed by atoms with Crippen LogP contribution in [0.5, 0.6) is 0 Å². The number of hydrogen-bond acceptors (Lipinski definition) is 3. The molecule has 0 aromatic carbocycles. The minimum Gasteiger partial charge on any atom is -0.301 e. The number of nitrogens with zero attached hydrogens (tertiary/aromatic N) is 3. The van der Waals surface area contributed by atoms with E-state index in [-0.39, 0.29) is 0 Å². The lowest BCUT2D eigenvalue weighted by Gasteiger charge is -2.53. The van der Waals surface area contributed by atoms with Crippen molar-refractivity contribution in [2.75, 3.05) is 26.2 Å². The average Bonchev–Trinajstić information content (AvgIpc) is 3.18. The Morgan fingerprint density at radius 1 is 0.535 bits per heavy atom. The van der Waals surface area contributed by atoms with E-state index >= 15 is 0 Å². The van der Waals surface area contributed by atoms with Gasteiger partial charge >= 0.3 is 0 Å². The molecule has 1 aliphatic heterocycles. The van der Waals surface area contributed by atoms with Gasteiger partial charge in [-0.15, -0.1) is 6.58 Å². The van der Waals surface area contributed by atoms with Crippen LogP contribution >= 0.6 is 0 Å². The maximum Gasteiger partial charge on any atom is 0.0133 e. The molecule has 3 nitrogen and oxygen atoms in total. The number of hydrogen-bond donors (Lipinski definition) is 0. The van der Waals surface area contributed by atoms with Crippen LogP contribution in [0.15, 0.2) is 12.7 Å². The van der Waals surface area contributed by atoms with Gasteiger partial charge in [0.15, 0.2) is 0 Å². The van der Waals surface area contributed by atoms with Crippen molar-refractivity contribution in [3.63, 3.8) is 0 Å². The molecule has 1 saturated heterocycles. The Balaban J connectivity index is 1.26. The zero-order chi connectivity index (χ0) is 29.9. The highest BCUT2D eigenvalue weighted by atomic mass is 15.3. The van der Waals surface area contributed by atoms with Gasteiger partial charge < -0.3 is 9.80 Å². The van der Waals surface area contributed by atoms with Gasteiger partial charge in [0.2, 0.25) is 0 Å². The first kappa shape index (κ1) is 32.6. The van der Waals surface area contributed by atoms with Crippen LogP contribution in [-0.4, -0.2) is 71.1 Å². The molecule has 3 heteroatoms. The van der Waals surface area contributed by atoms with E-state index in [1.807, 2.05) is 0 Å². The van der Waals surface area contributed by atoms with Crippen LogP contribution in [-0.2, 0) is 0 Å². The van der Waals surface area contributed by atoms with Crippen molar-refractivity contribution in [2.45, 2.75) is 173 Å². The molecule has 6 rings (SSSR count). The van der Waals surface area contributed by atoms with Crippen molar-refractivity contribution >= 4 is 0 Å². The van der Waals surface area contributed by atoms with Crippen molar-refractivity contribution in [2.24, 2.45) is 41.4 Å². The highest BCUT2D eigenvalue weighted by molar-refractivity contribution is 5.07. The third-order valence-electron chi connectivity index (χ3n) is 15.0. The Morgan fingerprint density at radius 3 is 1.40 bits per heavy atom. The summed E-state index contributed by atoms with van der Waals surface area (Å²) in [6.07, 6.45) is 29.1. The van der Waals surface area contributed by atoms with Gasteiger partial charge in [-0.1, -0.05) is 46.6 Å². The van der Waals surface area contributed by atoms with Crippen molar-refractivity contribution in [1.29, 1.82) is 0 Å². The van der Waals surface area contributed by atoms with E-state index in [0.29, 0.717) is 0 Å². The molecule has 5 saturated carbocycles. The van der Waals surface area contributed by atoms with E-state index in [0.717, 1.165) is 71.6 Å². The largest absolute Gasteiger partial charge is 0.301 e. The SMILES string of the molecule is C=CC1CCC(C2CCC(N3C4CCC(N(CC)CC)CC4C4CCCCC4C4CC(N(CC)CC)CCC43)CC2)CC1. The first-order chi connectivity index (χ1) is 21.1. The molecular weight excluding hydrogens is 522 g/mol. The first-order valence-electron chi connectivity index (χ1n) is 20.0. The molecule has 0 aromatic heterocycles. The summed E-state index contributed by atoms with van der Waals surface area (Å²) in [5.74, 6) is 6.74. The summed E-state index contributed by atoms with van der Waals surface area (Å²) >= 11 is 0. The molecule has 6 fully saturated rings. The summed E-state index contributed by atoms with van der Waals surface area (Å²) in [5, 5.41) is 0. The topological polar surface area (TPSA) is 9.72 Å². The molecule has 0 aromatic rings. The molecular formula is C40H71N3. The Morgan fingerprint density at radius 2 is 0.977 bits per heavy atom. The highest BCUT2D eigenvalue weighted by Crippen LogP contribution is 2.55. The summed E-state index contributed by atoms with van der Waals surface area (Å²) in [4.78, 5) is 9.08. The second-order valence-corrected chi connectivity index (χ2v) is 16.4. The van der Waals surface area contributed by atoms with Gasteiger partial charge in [-0.2, -0.15) is 0 Å². The second-order valence-electron chi connectivity index (χ2n) is 16.4. The van der Waals surface area contributed by atoms with Gasteiger partial charge in [0, 0.05) is 30.2 Å². The maximum atomic E-state index is 4.12. The molecule has 5 aliphatic carbocycles. The predicted octanol–water partition coefficient (Wildman–Crippen LogP) is 9.42. The fraction of sp³-hybridized carbons (Fsp3) is 0.950. The van der Waals surface area contributed by atoms with Crippen molar-refractivity contribution < 1.29 is 0 Å². The van der Waals surface area contributed by atoms with Gasteiger partial charge in [-0.3, -0.25) is 4.90 Å². The molecule has 0 spiro atoms. The molecule has 0 bridgehead atoms. The van der Waals surface area contributed by atoms with Gasteiger partial charge in [-0.05, 0) is 170 Å². The third-order valence-corrected chi connectivity index (χ3v) is 15.0. The number of allylic oxidation sites excluding steroid dienone is 1. The van der Waals surface area contributed by atoms with E-state index in [1.165, 1.54) is 129 Å². The summed E-state index contributed by atoms with van der Waals surface area (Å²) in [6, 6.07) is 4.30. The summed E-state index contributed by atoms with van der Waals surface area (Å²) in [6.45, 7) is 18.8. The van der Waals surface area contributed by atoms with E-state index in [1.54, 1.807) is 12.8 Å². The lowest BCUT2D eigenvalue weighted by Crippen LogP contribution is -2.58. The highest BCUT2D eigenvalue weighted by Gasteiger charge is 2.54. The minimum atomic E-state index is 0.806. The minimum absolute atomic E-state index is 0.806. The normalized spacial score (nSPS) is 44.3. The maximum absolute atomic E-state index is 4.12. The number of likely N-dealkylation sites (tertiary alicyclic amines) is 1. The fourth-order valence-electron chi connectivity index (χ4n) is 12.9. The van der Waals surface area contributed by atoms with Crippen LogP contribution in [0.1, 0.15) is 143 Å². The lowest BCUT2D eigenvalue weighted by molar-refractivity contribution is -0.0415. The molecule has 8 atom stereocenters. The van der Waals surface area contributed by atoms with Gasteiger partial charge in [0.25, 0.3) is 0 Å². The Bertz CT molecular complexity index is 802. The van der Waals surface area contributed by atoms with Gasteiger partial charge in [0.05, 0.1) is 0 Å². The third kappa shape index (κ3) is 6.72. The van der Waals surface area contributed by atoms with Crippen LogP contribution in [0.3, 0.4) is 0 Å². The fourth-order valence-corrected chi connectivity index (χ4v) is 12.9. The zero-order valence-corrected chi connectivity index (χ0v) is 29.1. The van der Waals surface area contributed by atoms with E-state index in [4.69, 9.17) is 0 Å².